The Morgan fingerprint density at radius 3 is 2.56 bits per heavy atom. The standard InChI is InChI=1S/C13H19N5/c1-10(11-7-5-4-6-8-11)12(14-2)9-13-15-17-18(3)16-13/h4-8,10,12,14H,9H2,1-3H3. The van der Waals surface area contributed by atoms with E-state index >= 15 is 0 Å². The largest absolute Gasteiger partial charge is 0.316 e. The molecule has 1 aromatic carbocycles. The minimum absolute atomic E-state index is 0.302. The first-order valence-electron chi connectivity index (χ1n) is 6.15. The lowest BCUT2D eigenvalue weighted by atomic mass is 9.91. The predicted molar refractivity (Wildman–Crippen MR) is 70.2 cm³/mol. The van der Waals surface area contributed by atoms with Crippen LogP contribution in [-0.4, -0.2) is 33.3 Å². The van der Waals surface area contributed by atoms with Crippen molar-refractivity contribution in [3.05, 3.63) is 41.7 Å². The molecule has 0 aliphatic carbocycles. The summed E-state index contributed by atoms with van der Waals surface area (Å²) in [5.74, 6) is 1.18. The average molecular weight is 245 g/mol. The van der Waals surface area contributed by atoms with Gasteiger partial charge in [0.25, 0.3) is 0 Å². The Kier molecular flexibility index (Phi) is 4.04. The fraction of sp³-hybridized carbons (Fsp3) is 0.462. The van der Waals surface area contributed by atoms with Crippen molar-refractivity contribution in [3.8, 4) is 0 Å². The van der Waals surface area contributed by atoms with E-state index in [1.807, 2.05) is 13.1 Å². The lowest BCUT2D eigenvalue weighted by molar-refractivity contribution is 0.472. The molecule has 0 saturated heterocycles. The Morgan fingerprint density at radius 2 is 2.00 bits per heavy atom. The molecule has 0 aliphatic rings. The van der Waals surface area contributed by atoms with Crippen molar-refractivity contribution < 1.29 is 0 Å². The first kappa shape index (κ1) is 12.7. The van der Waals surface area contributed by atoms with Crippen molar-refractivity contribution in [2.75, 3.05) is 7.05 Å². The smallest absolute Gasteiger partial charge is 0.176 e. The zero-order chi connectivity index (χ0) is 13.0. The predicted octanol–water partition coefficient (Wildman–Crippen LogP) is 1.14. The number of aryl methyl sites for hydroxylation is 1. The first-order chi connectivity index (χ1) is 8.70. The average Bonchev–Trinajstić information content (AvgIpc) is 2.82. The molecule has 2 aromatic rings. The normalized spacial score (nSPS) is 14.4. The number of nitrogens with zero attached hydrogens (tertiary/aromatic N) is 4. The third-order valence-corrected chi connectivity index (χ3v) is 3.25. The molecule has 5 heteroatoms. The number of aromatic nitrogens is 4. The van der Waals surface area contributed by atoms with E-state index in [1.165, 1.54) is 10.4 Å². The number of hydrogen-bond donors (Lipinski definition) is 1. The molecule has 0 bridgehead atoms. The molecule has 0 fully saturated rings. The summed E-state index contributed by atoms with van der Waals surface area (Å²) in [6, 6.07) is 10.8. The maximum atomic E-state index is 4.23. The molecular weight excluding hydrogens is 226 g/mol. The van der Waals surface area contributed by atoms with Crippen LogP contribution < -0.4 is 5.32 Å². The first-order valence-corrected chi connectivity index (χ1v) is 6.15. The van der Waals surface area contributed by atoms with Gasteiger partial charge in [0.15, 0.2) is 5.82 Å². The zero-order valence-corrected chi connectivity index (χ0v) is 11.0. The van der Waals surface area contributed by atoms with Gasteiger partial charge in [-0.15, -0.1) is 10.2 Å². The summed E-state index contributed by atoms with van der Waals surface area (Å²) in [5.41, 5.74) is 1.32. The second-order valence-electron chi connectivity index (χ2n) is 4.49. The van der Waals surface area contributed by atoms with Crippen molar-refractivity contribution in [1.29, 1.82) is 0 Å². The van der Waals surface area contributed by atoms with Gasteiger partial charge >= 0.3 is 0 Å². The molecule has 0 saturated carbocycles. The van der Waals surface area contributed by atoms with Crippen molar-refractivity contribution >= 4 is 0 Å². The van der Waals surface area contributed by atoms with Crippen molar-refractivity contribution in [1.82, 2.24) is 25.5 Å². The van der Waals surface area contributed by atoms with Gasteiger partial charge in [0.1, 0.15) is 0 Å². The van der Waals surface area contributed by atoms with Crippen molar-refractivity contribution in [2.24, 2.45) is 7.05 Å². The molecular formula is C13H19N5. The highest BCUT2D eigenvalue weighted by atomic mass is 15.6. The van der Waals surface area contributed by atoms with Gasteiger partial charge in [-0.3, -0.25) is 0 Å². The van der Waals surface area contributed by atoms with E-state index in [2.05, 4.69) is 51.9 Å². The van der Waals surface area contributed by atoms with Gasteiger partial charge in [-0.1, -0.05) is 37.3 Å². The monoisotopic (exact) mass is 245 g/mol. The second-order valence-corrected chi connectivity index (χ2v) is 4.49. The van der Waals surface area contributed by atoms with Gasteiger partial charge in [-0.25, -0.2) is 0 Å². The van der Waals surface area contributed by atoms with Crippen LogP contribution in [0.5, 0.6) is 0 Å². The molecule has 2 unspecified atom stereocenters. The zero-order valence-electron chi connectivity index (χ0n) is 11.0. The molecule has 1 aromatic heterocycles. The Balaban J connectivity index is 2.09. The van der Waals surface area contributed by atoms with Crippen LogP contribution in [0, 0.1) is 0 Å². The van der Waals surface area contributed by atoms with E-state index in [-0.39, 0.29) is 0 Å². The van der Waals surface area contributed by atoms with Crippen LogP contribution in [0.15, 0.2) is 30.3 Å². The fourth-order valence-electron chi connectivity index (χ4n) is 2.12. The van der Waals surface area contributed by atoms with Crippen molar-refractivity contribution in [2.45, 2.75) is 25.3 Å². The topological polar surface area (TPSA) is 55.6 Å². The molecule has 18 heavy (non-hydrogen) atoms. The summed E-state index contributed by atoms with van der Waals surface area (Å²) in [4.78, 5) is 1.50. The van der Waals surface area contributed by atoms with Crippen LogP contribution >= 0.6 is 0 Å². The molecule has 96 valence electrons. The van der Waals surface area contributed by atoms with Crippen LogP contribution in [0.2, 0.25) is 0 Å². The third-order valence-electron chi connectivity index (χ3n) is 3.25. The fourth-order valence-corrected chi connectivity index (χ4v) is 2.12. The SMILES string of the molecule is CNC(Cc1nnn(C)n1)C(C)c1ccccc1. The molecule has 2 atom stereocenters. The van der Waals surface area contributed by atoms with E-state index in [0.717, 1.165) is 12.2 Å². The highest BCUT2D eigenvalue weighted by Crippen LogP contribution is 2.20. The Hall–Kier alpha value is -1.75. The van der Waals surface area contributed by atoms with E-state index in [9.17, 15) is 0 Å². The quantitative estimate of drug-likeness (QED) is 0.858. The Morgan fingerprint density at radius 1 is 1.28 bits per heavy atom. The molecule has 0 radical (unpaired) electrons. The van der Waals surface area contributed by atoms with Gasteiger partial charge in [0.05, 0.1) is 7.05 Å². The minimum atomic E-state index is 0.302. The number of tetrazole rings is 1. The molecule has 1 heterocycles. The number of hydrogen-bond acceptors (Lipinski definition) is 4. The molecule has 5 nitrogen and oxygen atoms in total. The number of nitrogens with one attached hydrogen (secondary N) is 1. The molecule has 1 N–H and O–H groups in total. The lowest BCUT2D eigenvalue weighted by Crippen LogP contribution is -2.33. The third kappa shape index (κ3) is 2.92. The lowest BCUT2D eigenvalue weighted by Gasteiger charge is -2.22. The van der Waals surface area contributed by atoms with Gasteiger partial charge in [0, 0.05) is 12.5 Å². The molecule has 2 rings (SSSR count). The van der Waals surface area contributed by atoms with E-state index in [1.54, 1.807) is 7.05 Å². The molecule has 0 amide bonds. The van der Waals surface area contributed by atoms with E-state index < -0.39 is 0 Å². The number of rotatable bonds is 5. The highest BCUT2D eigenvalue weighted by Gasteiger charge is 2.19. The second kappa shape index (κ2) is 5.73. The van der Waals surface area contributed by atoms with Crippen LogP contribution in [0.1, 0.15) is 24.2 Å². The summed E-state index contributed by atoms with van der Waals surface area (Å²) < 4.78 is 0. The summed E-state index contributed by atoms with van der Waals surface area (Å²) in [6.07, 6.45) is 0.778. The molecule has 0 spiro atoms. The van der Waals surface area contributed by atoms with Crippen LogP contribution in [-0.2, 0) is 13.5 Å². The summed E-state index contributed by atoms with van der Waals surface area (Å²) in [5, 5.41) is 15.5. The van der Waals surface area contributed by atoms with E-state index in [4.69, 9.17) is 0 Å². The van der Waals surface area contributed by atoms with Crippen LogP contribution in [0.3, 0.4) is 0 Å². The summed E-state index contributed by atoms with van der Waals surface area (Å²) in [6.45, 7) is 2.22. The summed E-state index contributed by atoms with van der Waals surface area (Å²) in [7, 11) is 3.76. The maximum Gasteiger partial charge on any atom is 0.176 e. The molecule has 0 aliphatic heterocycles. The Labute approximate surface area is 107 Å². The summed E-state index contributed by atoms with van der Waals surface area (Å²) >= 11 is 0. The van der Waals surface area contributed by atoms with Gasteiger partial charge in [0.2, 0.25) is 0 Å². The van der Waals surface area contributed by atoms with Gasteiger partial charge < -0.3 is 5.32 Å². The number of likely N-dealkylation sites (N-methyl/N-ethyl adjacent to an activating group) is 1. The van der Waals surface area contributed by atoms with Crippen LogP contribution in [0.25, 0.3) is 0 Å². The van der Waals surface area contributed by atoms with Crippen LogP contribution in [0.4, 0.5) is 0 Å². The van der Waals surface area contributed by atoms with Gasteiger partial charge in [-0.2, -0.15) is 4.80 Å². The van der Waals surface area contributed by atoms with Crippen molar-refractivity contribution in [3.63, 3.8) is 0 Å². The highest BCUT2D eigenvalue weighted by molar-refractivity contribution is 5.20. The van der Waals surface area contributed by atoms with E-state index in [0.29, 0.717) is 12.0 Å². The number of benzene rings is 1. The maximum absolute atomic E-state index is 4.23. The minimum Gasteiger partial charge on any atom is -0.316 e. The Bertz CT molecular complexity index is 479. The van der Waals surface area contributed by atoms with Gasteiger partial charge in [-0.05, 0) is 23.7 Å².